The van der Waals surface area contributed by atoms with Crippen LogP contribution >= 0.6 is 27.3 Å². The van der Waals surface area contributed by atoms with E-state index in [0.717, 1.165) is 54.6 Å². The summed E-state index contributed by atoms with van der Waals surface area (Å²) in [4.78, 5) is 21.2. The van der Waals surface area contributed by atoms with Gasteiger partial charge in [-0.3, -0.25) is 4.79 Å². The lowest BCUT2D eigenvalue weighted by molar-refractivity contribution is -0.200. The highest BCUT2D eigenvalue weighted by Gasteiger charge is 2.15. The highest BCUT2D eigenvalue weighted by molar-refractivity contribution is 9.11. The number of nitrogens with zero attached hydrogens (tertiary/aromatic N) is 1. The normalized spacial score (nSPS) is 18.4. The highest BCUT2D eigenvalue weighted by Crippen LogP contribution is 2.17. The third-order valence-corrected chi connectivity index (χ3v) is 4.88. The van der Waals surface area contributed by atoms with Gasteiger partial charge in [-0.2, -0.15) is 0 Å². The Balaban J connectivity index is 1.45. The first-order chi connectivity index (χ1) is 11.2. The van der Waals surface area contributed by atoms with Gasteiger partial charge in [-0.1, -0.05) is 12.5 Å². The summed E-state index contributed by atoms with van der Waals surface area (Å²) in [5, 5.41) is 2.01. The van der Waals surface area contributed by atoms with Crippen molar-refractivity contribution < 1.29 is 14.4 Å². The maximum atomic E-state index is 11.6. The van der Waals surface area contributed by atoms with Crippen LogP contribution in [0.25, 0.3) is 6.08 Å². The van der Waals surface area contributed by atoms with Crippen molar-refractivity contribution >= 4 is 39.2 Å². The molecule has 0 spiro atoms. The first-order valence-corrected chi connectivity index (χ1v) is 9.75. The SMILES string of the molecule is O=C(CCCCC/C=C\c1csc(Br)n1)NOC1CCCCO1. The number of rotatable bonds is 9. The molecule has 1 atom stereocenters. The van der Waals surface area contributed by atoms with Gasteiger partial charge >= 0.3 is 0 Å². The third kappa shape index (κ3) is 8.06. The number of carbonyl (C=O) groups excluding carboxylic acids is 1. The molecule has 23 heavy (non-hydrogen) atoms. The highest BCUT2D eigenvalue weighted by atomic mass is 79.9. The number of aromatic nitrogens is 1. The number of thiazole rings is 1. The van der Waals surface area contributed by atoms with Crippen molar-refractivity contribution in [2.75, 3.05) is 6.61 Å². The monoisotopic (exact) mass is 402 g/mol. The Morgan fingerprint density at radius 2 is 2.39 bits per heavy atom. The molecule has 1 aromatic rings. The molecule has 1 aromatic heterocycles. The molecular formula is C16H23BrN2O3S. The first-order valence-electron chi connectivity index (χ1n) is 8.08. The molecule has 1 saturated heterocycles. The zero-order valence-corrected chi connectivity index (χ0v) is 15.5. The quantitative estimate of drug-likeness (QED) is 0.489. The molecule has 0 aromatic carbocycles. The zero-order valence-electron chi connectivity index (χ0n) is 13.1. The van der Waals surface area contributed by atoms with Crippen molar-refractivity contribution in [3.8, 4) is 0 Å². The Morgan fingerprint density at radius 1 is 1.48 bits per heavy atom. The number of hydroxylamine groups is 1. The molecular weight excluding hydrogens is 380 g/mol. The number of hydrogen-bond donors (Lipinski definition) is 1. The summed E-state index contributed by atoms with van der Waals surface area (Å²) in [5.74, 6) is -0.0676. The molecule has 1 N–H and O–H groups in total. The van der Waals surface area contributed by atoms with Crippen LogP contribution in [-0.2, 0) is 14.4 Å². The van der Waals surface area contributed by atoms with Crippen molar-refractivity contribution in [2.45, 2.75) is 57.7 Å². The second-order valence-corrected chi connectivity index (χ2v) is 7.60. The van der Waals surface area contributed by atoms with Crippen molar-refractivity contribution in [3.63, 3.8) is 0 Å². The van der Waals surface area contributed by atoms with Gasteiger partial charge in [0.25, 0.3) is 0 Å². The Bertz CT molecular complexity index is 501. The summed E-state index contributed by atoms with van der Waals surface area (Å²) in [6, 6.07) is 0. The van der Waals surface area contributed by atoms with Crippen molar-refractivity contribution in [1.29, 1.82) is 0 Å². The van der Waals surface area contributed by atoms with Crippen LogP contribution in [0.3, 0.4) is 0 Å². The molecule has 1 fully saturated rings. The summed E-state index contributed by atoms with van der Waals surface area (Å²) in [6.45, 7) is 0.714. The van der Waals surface area contributed by atoms with Gasteiger partial charge in [0.05, 0.1) is 5.69 Å². The topological polar surface area (TPSA) is 60.5 Å². The standard InChI is InChI=1S/C16H23BrN2O3S/c17-16-18-13(12-23-16)8-4-2-1-3-5-9-14(20)19-22-15-10-6-7-11-21-15/h4,8,12,15H,1-3,5-7,9-11H2,(H,19,20)/b8-4-. The van der Waals surface area contributed by atoms with E-state index in [2.05, 4.69) is 32.5 Å². The van der Waals surface area contributed by atoms with Gasteiger partial charge in [-0.15, -0.1) is 11.3 Å². The van der Waals surface area contributed by atoms with E-state index in [1.54, 1.807) is 11.3 Å². The number of halogens is 1. The number of hydrogen-bond acceptors (Lipinski definition) is 5. The molecule has 1 aliphatic rings. The van der Waals surface area contributed by atoms with Crippen LogP contribution in [0.2, 0.25) is 0 Å². The molecule has 0 bridgehead atoms. The van der Waals surface area contributed by atoms with Gasteiger partial charge in [0.1, 0.15) is 0 Å². The Labute approximate surface area is 149 Å². The Kier molecular flexibility index (Phi) is 8.81. The first kappa shape index (κ1) is 18.6. The van der Waals surface area contributed by atoms with Crippen LogP contribution in [0.15, 0.2) is 15.4 Å². The lowest BCUT2D eigenvalue weighted by Crippen LogP contribution is -2.32. The fourth-order valence-corrected chi connectivity index (χ4v) is 3.25. The number of allylic oxidation sites excluding steroid dienone is 1. The van der Waals surface area contributed by atoms with Gasteiger partial charge in [0.15, 0.2) is 10.2 Å². The lowest BCUT2D eigenvalue weighted by Gasteiger charge is -2.22. The van der Waals surface area contributed by atoms with E-state index in [0.29, 0.717) is 13.0 Å². The van der Waals surface area contributed by atoms with E-state index < -0.39 is 0 Å². The van der Waals surface area contributed by atoms with Gasteiger partial charge in [0, 0.05) is 24.8 Å². The minimum absolute atomic E-state index is 0.0676. The van der Waals surface area contributed by atoms with E-state index >= 15 is 0 Å². The Morgan fingerprint density at radius 3 is 3.13 bits per heavy atom. The largest absolute Gasteiger partial charge is 0.350 e. The van der Waals surface area contributed by atoms with Crippen LogP contribution in [0.4, 0.5) is 0 Å². The van der Waals surface area contributed by atoms with Crippen molar-refractivity contribution in [1.82, 2.24) is 10.5 Å². The van der Waals surface area contributed by atoms with Crippen LogP contribution < -0.4 is 5.48 Å². The zero-order chi connectivity index (χ0) is 16.3. The van der Waals surface area contributed by atoms with Crippen molar-refractivity contribution in [2.24, 2.45) is 0 Å². The Hall–Kier alpha value is -0.760. The summed E-state index contributed by atoms with van der Waals surface area (Å²) in [6.07, 6.45) is 11.4. The number of amides is 1. The molecule has 1 aliphatic heterocycles. The molecule has 1 unspecified atom stereocenters. The van der Waals surface area contributed by atoms with Gasteiger partial charge in [-0.05, 0) is 54.1 Å². The van der Waals surface area contributed by atoms with E-state index in [-0.39, 0.29) is 12.2 Å². The molecule has 5 nitrogen and oxygen atoms in total. The van der Waals surface area contributed by atoms with E-state index in [9.17, 15) is 4.79 Å². The molecule has 2 heterocycles. The van der Waals surface area contributed by atoms with Crippen molar-refractivity contribution in [3.05, 3.63) is 21.1 Å². The smallest absolute Gasteiger partial charge is 0.243 e. The predicted octanol–water partition coefficient (Wildman–Crippen LogP) is 4.44. The number of unbranched alkanes of at least 4 members (excludes halogenated alkanes) is 3. The minimum Gasteiger partial charge on any atom is -0.350 e. The van der Waals surface area contributed by atoms with E-state index in [4.69, 9.17) is 9.57 Å². The molecule has 0 aliphatic carbocycles. The predicted molar refractivity (Wildman–Crippen MR) is 94.8 cm³/mol. The number of carbonyl (C=O) groups is 1. The molecule has 1 amide bonds. The van der Waals surface area contributed by atoms with Gasteiger partial charge < -0.3 is 4.74 Å². The van der Waals surface area contributed by atoms with Crippen LogP contribution in [0, 0.1) is 0 Å². The number of nitrogens with one attached hydrogen (secondary N) is 1. The second kappa shape index (κ2) is 10.9. The van der Waals surface area contributed by atoms with E-state index in [1.807, 2.05) is 11.5 Å². The van der Waals surface area contributed by atoms with Gasteiger partial charge in [0.2, 0.25) is 5.91 Å². The molecule has 7 heteroatoms. The fourth-order valence-electron chi connectivity index (χ4n) is 2.25. The number of ether oxygens (including phenoxy) is 1. The summed E-state index contributed by atoms with van der Waals surface area (Å²) in [5.41, 5.74) is 3.48. The molecule has 2 rings (SSSR count). The average molecular weight is 403 g/mol. The molecule has 0 radical (unpaired) electrons. The van der Waals surface area contributed by atoms with Crippen LogP contribution in [-0.4, -0.2) is 23.8 Å². The maximum Gasteiger partial charge on any atom is 0.243 e. The van der Waals surface area contributed by atoms with E-state index in [1.165, 1.54) is 0 Å². The molecule has 128 valence electrons. The van der Waals surface area contributed by atoms with Crippen LogP contribution in [0.5, 0.6) is 0 Å². The average Bonchev–Trinajstić information content (AvgIpc) is 2.98. The van der Waals surface area contributed by atoms with Crippen LogP contribution in [0.1, 0.15) is 57.1 Å². The third-order valence-electron chi connectivity index (χ3n) is 3.50. The molecule has 0 saturated carbocycles. The fraction of sp³-hybridized carbons (Fsp3) is 0.625. The maximum absolute atomic E-state index is 11.6. The summed E-state index contributed by atoms with van der Waals surface area (Å²) >= 11 is 4.93. The van der Waals surface area contributed by atoms with Gasteiger partial charge in [-0.25, -0.2) is 15.3 Å². The second-order valence-electron chi connectivity index (χ2n) is 5.47. The summed E-state index contributed by atoms with van der Waals surface area (Å²) in [7, 11) is 0. The minimum atomic E-state index is -0.274. The lowest BCUT2D eigenvalue weighted by atomic mass is 10.1. The summed E-state index contributed by atoms with van der Waals surface area (Å²) < 4.78 is 6.29.